The van der Waals surface area contributed by atoms with Gasteiger partial charge in [-0.15, -0.1) is 0 Å². The first-order valence-corrected chi connectivity index (χ1v) is 39.7. The molecule has 114 heavy (non-hydrogen) atoms. The van der Waals surface area contributed by atoms with E-state index < -0.39 is 180 Å². The number of primary amides is 2. The molecule has 35 nitrogen and oxygen atoms in total. The number of H-pyrrole nitrogens is 1. The van der Waals surface area contributed by atoms with E-state index in [1.807, 2.05) is 18.2 Å². The number of aliphatic hydroxyl groups excluding tert-OH is 3. The molecular formula is C79H123N15O20. The maximum Gasteiger partial charge on any atom is 0.326 e. The largest absolute Gasteiger partial charge is 0.480 e. The Morgan fingerprint density at radius 1 is 0.491 bits per heavy atom. The van der Waals surface area contributed by atoms with Crippen molar-refractivity contribution in [2.24, 2.45) is 29.2 Å². The summed E-state index contributed by atoms with van der Waals surface area (Å²) in [5.41, 5.74) is 12.9. The number of aliphatic carboxylic acids is 2. The van der Waals surface area contributed by atoms with Gasteiger partial charge in [0.2, 0.25) is 76.8 Å². The third-order valence-corrected chi connectivity index (χ3v) is 19.8. The normalized spacial score (nSPS) is 16.1. The van der Waals surface area contributed by atoms with Gasteiger partial charge in [-0.05, 0) is 120 Å². The van der Waals surface area contributed by atoms with Crippen molar-refractivity contribution in [3.63, 3.8) is 0 Å². The Balaban J connectivity index is 1.16. The summed E-state index contributed by atoms with van der Waals surface area (Å²) in [5, 5.41) is 80.7. The highest BCUT2D eigenvalue weighted by molar-refractivity contribution is 6.00. The molecule has 634 valence electrons. The molecule has 1 aromatic heterocycles. The van der Waals surface area contributed by atoms with E-state index in [-0.39, 0.29) is 69.1 Å². The van der Waals surface area contributed by atoms with E-state index in [2.05, 4.69) is 63.5 Å². The maximum absolute atomic E-state index is 14.2. The molecule has 2 heterocycles. The van der Waals surface area contributed by atoms with E-state index in [9.17, 15) is 97.5 Å². The number of benzene rings is 2. The number of nitrogens with two attached hydrogens (primary N) is 2. The second-order valence-electron chi connectivity index (χ2n) is 30.4. The Kier molecular flexibility index (Phi) is 42.4. The highest BCUT2D eigenvalue weighted by atomic mass is 16.4. The number of para-hydroxylation sites is 1. The van der Waals surface area contributed by atoms with E-state index in [1.165, 1.54) is 18.7 Å². The third kappa shape index (κ3) is 33.9. The Hall–Kier alpha value is -10.1. The zero-order chi connectivity index (χ0) is 84.7. The first-order valence-electron chi connectivity index (χ1n) is 39.7. The van der Waals surface area contributed by atoms with E-state index in [0.29, 0.717) is 56.2 Å². The van der Waals surface area contributed by atoms with Crippen LogP contribution in [-0.2, 0) is 84.8 Å². The molecule has 3 aromatic rings. The van der Waals surface area contributed by atoms with Gasteiger partial charge in [-0.25, -0.2) is 9.59 Å². The molecule has 1 aliphatic rings. The summed E-state index contributed by atoms with van der Waals surface area (Å²) >= 11 is 0. The Bertz CT molecular complexity index is 3670. The Labute approximate surface area is 665 Å². The van der Waals surface area contributed by atoms with Crippen molar-refractivity contribution in [3.8, 4) is 0 Å². The zero-order valence-corrected chi connectivity index (χ0v) is 66.9. The van der Waals surface area contributed by atoms with Gasteiger partial charge in [-0.3, -0.25) is 62.3 Å². The number of carbonyl (C=O) groups is 15. The molecule has 0 aliphatic carbocycles. The van der Waals surface area contributed by atoms with Crippen molar-refractivity contribution in [1.29, 1.82) is 0 Å². The zero-order valence-electron chi connectivity index (χ0n) is 66.9. The van der Waals surface area contributed by atoms with Gasteiger partial charge in [0, 0.05) is 55.7 Å². The lowest BCUT2D eigenvalue weighted by molar-refractivity contribution is -0.143. The molecule has 1 fully saturated rings. The molecule has 35 heteroatoms. The van der Waals surface area contributed by atoms with Crippen LogP contribution in [0.1, 0.15) is 195 Å². The number of amides is 13. The van der Waals surface area contributed by atoms with Crippen LogP contribution in [0.3, 0.4) is 0 Å². The Morgan fingerprint density at radius 3 is 1.48 bits per heavy atom. The summed E-state index contributed by atoms with van der Waals surface area (Å²) in [6.45, 7) is 13.8. The minimum absolute atomic E-state index is 0.0268. The van der Waals surface area contributed by atoms with Crippen LogP contribution in [0.2, 0.25) is 0 Å². The number of aromatic nitrogens is 1. The van der Waals surface area contributed by atoms with Crippen LogP contribution in [0.25, 0.3) is 10.9 Å². The van der Waals surface area contributed by atoms with Gasteiger partial charge in [0.05, 0.1) is 25.2 Å². The number of hydrogen-bond acceptors (Lipinski definition) is 19. The summed E-state index contributed by atoms with van der Waals surface area (Å²) in [6, 6.07) is -0.133. The molecule has 13 amide bonds. The minimum atomic E-state index is -1.70. The average molecular weight is 1600 g/mol. The fourth-order valence-corrected chi connectivity index (χ4v) is 13.2. The van der Waals surface area contributed by atoms with Crippen LogP contribution in [0.5, 0.6) is 0 Å². The molecule has 14 atom stereocenters. The van der Waals surface area contributed by atoms with Crippen LogP contribution >= 0.6 is 0 Å². The maximum atomic E-state index is 14.2. The standard InChI is InChI=1S/C79H123N15O20/c1-9-47(6)66(75(108)93-68(49(8)97)77(110)88-56(39-46(4)5)71(104)90-59(79(113)114)41-51-43-83-53-29-22-21-28-52(51)53)91-69(102)54(33-34-62(80)98)85-74(107)61-30-25-37-94(61)65(101)32-20-13-11-15-24-36-82-35-23-14-10-12-19-31-64(100)84-60(44-95)73(106)92-67(48(7)96)76(109)87-55(38-45(2)3)70(103)86-57(42-63(81)99)72(105)89-58(78(111)112)40-50-26-17-16-18-27-50/h16-18,21-22,26-29,43,45-49,54-61,66-68,82-83,95-97H,9-15,19-20,23-25,30-42,44H2,1-8H3,(H2,80,98)(H2,81,99)(H,84,100)(H,85,107)(H,86,103)(H,87,109)(H,88,110)(H,89,105)(H,90,104)(H,91,102)(H,92,106)(H,93,108)(H,111,112)(H,113,114)/t47-,48+,49+,54-,55-,56-,57-,58-,59-,60-,61-,66-,67-,68-/m0/s1. The minimum Gasteiger partial charge on any atom is -0.480 e. The smallest absolute Gasteiger partial charge is 0.326 e. The van der Waals surface area contributed by atoms with Crippen molar-refractivity contribution in [3.05, 3.63) is 71.9 Å². The molecule has 0 bridgehead atoms. The number of fused-ring (bicyclic) bond motifs is 1. The summed E-state index contributed by atoms with van der Waals surface area (Å²) in [6.07, 6.45) is 6.16. The van der Waals surface area contributed by atoms with Crippen molar-refractivity contribution in [2.45, 2.75) is 275 Å². The highest BCUT2D eigenvalue weighted by Gasteiger charge is 2.41. The molecule has 2 aromatic carbocycles. The van der Waals surface area contributed by atoms with E-state index in [0.717, 1.165) is 68.9 Å². The van der Waals surface area contributed by atoms with Crippen molar-refractivity contribution in [1.82, 2.24) is 68.4 Å². The summed E-state index contributed by atoms with van der Waals surface area (Å²) in [4.78, 5) is 204. The molecule has 1 aliphatic heterocycles. The van der Waals surface area contributed by atoms with Crippen molar-refractivity contribution in [2.75, 3.05) is 26.2 Å². The van der Waals surface area contributed by atoms with Crippen molar-refractivity contribution < 1.29 is 97.5 Å². The molecular weight excluding hydrogens is 1480 g/mol. The second-order valence-corrected chi connectivity index (χ2v) is 30.4. The SMILES string of the molecule is CC[C@H](C)[C@H](NC(=O)[C@H](CCC(N)=O)NC(=O)[C@@H]1CCCN1C(=O)CCCCCCCNCCCCCCCC(=O)N[C@@H](CO)C(=O)N[C@H](C(=O)N[C@@H](CC(C)C)C(=O)N[C@@H](CC(N)=O)C(=O)N[C@@H](Cc1ccccc1)C(=O)O)[C@@H](C)O)C(=O)N[C@H](C(=O)N[C@@H](CC(C)C)C(=O)N[C@@H](Cc1c[nH]c2ccccc12)C(=O)O)[C@@H](C)O. The second kappa shape index (κ2) is 50.2. The summed E-state index contributed by atoms with van der Waals surface area (Å²) < 4.78 is 0. The van der Waals surface area contributed by atoms with Gasteiger partial charge in [0.25, 0.3) is 0 Å². The number of likely N-dealkylation sites (tertiary alicyclic amines) is 1. The van der Waals surface area contributed by atoms with E-state index in [1.54, 1.807) is 84.1 Å². The predicted molar refractivity (Wildman–Crippen MR) is 421 cm³/mol. The third-order valence-electron chi connectivity index (χ3n) is 19.8. The number of carboxylic acids is 2. The fourth-order valence-electron chi connectivity index (χ4n) is 13.2. The number of nitrogens with zero attached hydrogens (tertiary/aromatic N) is 1. The lowest BCUT2D eigenvalue weighted by Crippen LogP contribution is -2.62. The number of aromatic amines is 1. The molecule has 0 unspecified atom stereocenters. The van der Waals surface area contributed by atoms with Crippen LogP contribution in [0, 0.1) is 17.8 Å². The molecule has 1 saturated heterocycles. The van der Waals surface area contributed by atoms with Crippen LogP contribution < -0.4 is 70.0 Å². The average Bonchev–Trinajstić information content (AvgIpc) is 1.58. The van der Waals surface area contributed by atoms with Gasteiger partial charge in [-0.1, -0.05) is 135 Å². The van der Waals surface area contributed by atoms with E-state index in [4.69, 9.17) is 11.5 Å². The number of rotatable bonds is 55. The molecule has 0 saturated carbocycles. The number of hydrogen-bond donors (Lipinski definition) is 19. The highest BCUT2D eigenvalue weighted by Crippen LogP contribution is 2.23. The van der Waals surface area contributed by atoms with Gasteiger partial charge >= 0.3 is 11.9 Å². The summed E-state index contributed by atoms with van der Waals surface area (Å²) in [7, 11) is 0. The first-order chi connectivity index (χ1) is 54.0. The number of carboxylic acid groups (broad SMARTS) is 2. The monoisotopic (exact) mass is 1600 g/mol. The van der Waals surface area contributed by atoms with Crippen LogP contribution in [0.4, 0.5) is 0 Å². The number of aliphatic hydroxyl groups is 3. The topological polar surface area (TPSA) is 561 Å². The summed E-state index contributed by atoms with van der Waals surface area (Å²) in [5.74, 6) is -14.5. The number of carbonyl (C=O) groups excluding carboxylic acids is 13. The van der Waals surface area contributed by atoms with Gasteiger partial charge in [0.1, 0.15) is 66.5 Å². The van der Waals surface area contributed by atoms with Gasteiger partial charge in [-0.2, -0.15) is 0 Å². The predicted octanol–water partition coefficient (Wildman–Crippen LogP) is 0.265. The van der Waals surface area contributed by atoms with Gasteiger partial charge < -0.3 is 105 Å². The molecule has 0 spiro atoms. The van der Waals surface area contributed by atoms with Crippen LogP contribution in [0.15, 0.2) is 60.8 Å². The quantitative estimate of drug-likeness (QED) is 0.0337. The van der Waals surface area contributed by atoms with E-state index >= 15 is 0 Å². The first kappa shape index (κ1) is 96.2. The lowest BCUT2D eigenvalue weighted by atomic mass is 9.96. The van der Waals surface area contributed by atoms with Crippen LogP contribution in [-0.4, -0.2) is 229 Å². The fraction of sp³-hybridized carbons (Fsp3) is 0.633. The van der Waals surface area contributed by atoms with Crippen molar-refractivity contribution >= 4 is 99.6 Å². The molecule has 4 rings (SSSR count). The number of unbranched alkanes of at least 4 members (excludes halogenated alkanes) is 8. The lowest BCUT2D eigenvalue weighted by Gasteiger charge is -2.30. The number of nitrogens with one attached hydrogen (secondary N) is 12. The Morgan fingerprint density at radius 2 is 0.956 bits per heavy atom. The van der Waals surface area contributed by atoms with Gasteiger partial charge in [0.15, 0.2) is 0 Å². The molecule has 21 N–H and O–H groups in total. The molecule has 0 radical (unpaired) electrons.